The zero-order valence-electron chi connectivity index (χ0n) is 8.46. The Morgan fingerprint density at radius 1 is 1.58 bits per heavy atom. The number of carbonyl (C=O) groups excluding carboxylic acids is 1. The van der Waals surface area contributed by atoms with Gasteiger partial charge in [-0.2, -0.15) is 0 Å². The molecular weight excluding hydrogens is 154 g/mol. The van der Waals surface area contributed by atoms with Gasteiger partial charge in [0.05, 0.1) is 6.61 Å². The standard InChI is InChI=1S/C9H19NO2/c1-8(7-9(2)11)10(3)5-6-12-4/h8H,5-7H2,1-4H3. The molecule has 3 nitrogen and oxygen atoms in total. The van der Waals surface area contributed by atoms with Crippen LogP contribution in [-0.2, 0) is 9.53 Å². The second-order valence-electron chi connectivity index (χ2n) is 3.23. The number of nitrogens with zero attached hydrogens (tertiary/aromatic N) is 1. The van der Waals surface area contributed by atoms with Crippen LogP contribution in [0, 0.1) is 0 Å². The van der Waals surface area contributed by atoms with Crippen LogP contribution >= 0.6 is 0 Å². The topological polar surface area (TPSA) is 29.5 Å². The van der Waals surface area contributed by atoms with Crippen molar-refractivity contribution in [1.29, 1.82) is 0 Å². The van der Waals surface area contributed by atoms with Gasteiger partial charge in [-0.15, -0.1) is 0 Å². The summed E-state index contributed by atoms with van der Waals surface area (Å²) in [4.78, 5) is 12.9. The first-order valence-corrected chi connectivity index (χ1v) is 4.26. The smallest absolute Gasteiger partial charge is 0.131 e. The summed E-state index contributed by atoms with van der Waals surface area (Å²) in [5.74, 6) is 0.242. The minimum Gasteiger partial charge on any atom is -0.383 e. The number of rotatable bonds is 6. The van der Waals surface area contributed by atoms with E-state index in [1.54, 1.807) is 14.0 Å². The highest BCUT2D eigenvalue weighted by molar-refractivity contribution is 5.76. The van der Waals surface area contributed by atoms with E-state index in [1.165, 1.54) is 0 Å². The number of ether oxygens (including phenoxy) is 1. The maximum absolute atomic E-state index is 10.8. The van der Waals surface area contributed by atoms with Crippen LogP contribution in [0.2, 0.25) is 0 Å². The quantitative estimate of drug-likeness (QED) is 0.598. The number of hydrogen-bond acceptors (Lipinski definition) is 3. The van der Waals surface area contributed by atoms with Crippen molar-refractivity contribution in [1.82, 2.24) is 4.90 Å². The largest absolute Gasteiger partial charge is 0.383 e. The molecule has 1 unspecified atom stereocenters. The van der Waals surface area contributed by atoms with E-state index in [1.807, 2.05) is 7.05 Å². The molecule has 0 N–H and O–H groups in total. The summed E-state index contributed by atoms with van der Waals surface area (Å²) >= 11 is 0. The van der Waals surface area contributed by atoms with Crippen LogP contribution in [0.1, 0.15) is 20.3 Å². The van der Waals surface area contributed by atoms with Gasteiger partial charge in [0.25, 0.3) is 0 Å². The summed E-state index contributed by atoms with van der Waals surface area (Å²) in [6.45, 7) is 5.28. The molecule has 0 aromatic rings. The molecule has 12 heavy (non-hydrogen) atoms. The summed E-state index contributed by atoms with van der Waals surface area (Å²) in [5, 5.41) is 0. The number of Topliss-reactive ketones (excluding diaryl/α,β-unsaturated/α-hetero) is 1. The van der Waals surface area contributed by atoms with Crippen molar-refractivity contribution in [3.8, 4) is 0 Å². The van der Waals surface area contributed by atoms with Crippen LogP contribution in [-0.4, -0.2) is 44.0 Å². The Kier molecular flexibility index (Phi) is 5.93. The Morgan fingerprint density at radius 2 is 2.17 bits per heavy atom. The fourth-order valence-electron chi connectivity index (χ4n) is 1.03. The van der Waals surface area contributed by atoms with E-state index in [0.29, 0.717) is 12.5 Å². The molecule has 72 valence electrons. The van der Waals surface area contributed by atoms with Crippen LogP contribution in [0.4, 0.5) is 0 Å². The molecular formula is C9H19NO2. The van der Waals surface area contributed by atoms with Crippen molar-refractivity contribution in [3.05, 3.63) is 0 Å². The number of hydrogen-bond donors (Lipinski definition) is 0. The maximum Gasteiger partial charge on any atom is 0.131 e. The molecule has 0 aliphatic rings. The molecule has 0 aromatic carbocycles. The summed E-state index contributed by atoms with van der Waals surface area (Å²) in [7, 11) is 3.69. The maximum atomic E-state index is 10.8. The zero-order chi connectivity index (χ0) is 9.56. The lowest BCUT2D eigenvalue weighted by Crippen LogP contribution is -2.33. The molecule has 0 rings (SSSR count). The van der Waals surface area contributed by atoms with Crippen molar-refractivity contribution in [2.24, 2.45) is 0 Å². The van der Waals surface area contributed by atoms with Crippen LogP contribution < -0.4 is 0 Å². The summed E-state index contributed by atoms with van der Waals surface area (Å²) < 4.78 is 4.94. The first kappa shape index (κ1) is 11.6. The zero-order valence-corrected chi connectivity index (χ0v) is 8.46. The van der Waals surface area contributed by atoms with E-state index < -0.39 is 0 Å². The van der Waals surface area contributed by atoms with E-state index in [4.69, 9.17) is 4.74 Å². The number of ketones is 1. The van der Waals surface area contributed by atoms with Gasteiger partial charge in [-0.3, -0.25) is 4.79 Å². The third-order valence-corrected chi connectivity index (χ3v) is 1.98. The van der Waals surface area contributed by atoms with Crippen molar-refractivity contribution in [3.63, 3.8) is 0 Å². The molecule has 0 spiro atoms. The van der Waals surface area contributed by atoms with Crippen molar-refractivity contribution < 1.29 is 9.53 Å². The molecule has 3 heteroatoms. The lowest BCUT2D eigenvalue weighted by molar-refractivity contribution is -0.118. The highest BCUT2D eigenvalue weighted by Gasteiger charge is 2.10. The lowest BCUT2D eigenvalue weighted by atomic mass is 10.1. The summed E-state index contributed by atoms with van der Waals surface area (Å²) in [6, 6.07) is 0.317. The third kappa shape index (κ3) is 5.27. The molecule has 0 amide bonds. The van der Waals surface area contributed by atoms with Gasteiger partial charge in [0.15, 0.2) is 0 Å². The molecule has 0 bridgehead atoms. The minimum atomic E-state index is 0.242. The average molecular weight is 173 g/mol. The van der Waals surface area contributed by atoms with E-state index in [2.05, 4.69) is 11.8 Å². The predicted octanol–water partition coefficient (Wildman–Crippen LogP) is 0.932. The fourth-order valence-corrected chi connectivity index (χ4v) is 1.03. The Bertz CT molecular complexity index is 136. The van der Waals surface area contributed by atoms with Gasteiger partial charge < -0.3 is 9.64 Å². The number of methoxy groups -OCH3 is 1. The molecule has 0 radical (unpaired) electrons. The SMILES string of the molecule is COCCN(C)C(C)CC(C)=O. The van der Waals surface area contributed by atoms with Crippen LogP contribution in [0.25, 0.3) is 0 Å². The van der Waals surface area contributed by atoms with Gasteiger partial charge >= 0.3 is 0 Å². The second kappa shape index (κ2) is 6.14. The summed E-state index contributed by atoms with van der Waals surface area (Å²) in [5.41, 5.74) is 0. The Morgan fingerprint density at radius 3 is 2.58 bits per heavy atom. The first-order valence-electron chi connectivity index (χ1n) is 4.26. The average Bonchev–Trinajstić information content (AvgIpc) is 1.98. The molecule has 0 heterocycles. The molecule has 0 aliphatic carbocycles. The Hall–Kier alpha value is -0.410. The summed E-state index contributed by atoms with van der Waals surface area (Å²) in [6.07, 6.45) is 0.625. The van der Waals surface area contributed by atoms with Gasteiger partial charge in [0, 0.05) is 26.1 Å². The van der Waals surface area contributed by atoms with E-state index in [9.17, 15) is 4.79 Å². The molecule has 0 saturated carbocycles. The van der Waals surface area contributed by atoms with Gasteiger partial charge in [-0.25, -0.2) is 0 Å². The predicted molar refractivity (Wildman–Crippen MR) is 49.3 cm³/mol. The fraction of sp³-hybridized carbons (Fsp3) is 0.889. The minimum absolute atomic E-state index is 0.242. The van der Waals surface area contributed by atoms with Gasteiger partial charge in [-0.05, 0) is 20.9 Å². The molecule has 0 aliphatic heterocycles. The number of likely N-dealkylation sites (N-methyl/N-ethyl adjacent to an activating group) is 1. The molecule has 1 atom stereocenters. The van der Waals surface area contributed by atoms with Gasteiger partial charge in [0.2, 0.25) is 0 Å². The van der Waals surface area contributed by atoms with Crippen molar-refractivity contribution in [2.75, 3.05) is 27.3 Å². The van der Waals surface area contributed by atoms with Crippen molar-refractivity contribution >= 4 is 5.78 Å². The van der Waals surface area contributed by atoms with Crippen LogP contribution in [0.5, 0.6) is 0 Å². The third-order valence-electron chi connectivity index (χ3n) is 1.98. The molecule has 0 saturated heterocycles. The van der Waals surface area contributed by atoms with Gasteiger partial charge in [-0.1, -0.05) is 0 Å². The molecule has 0 fully saturated rings. The van der Waals surface area contributed by atoms with Crippen LogP contribution in [0.15, 0.2) is 0 Å². The highest BCUT2D eigenvalue weighted by atomic mass is 16.5. The van der Waals surface area contributed by atoms with E-state index in [0.717, 1.165) is 13.2 Å². The number of carbonyl (C=O) groups is 1. The molecule has 0 aromatic heterocycles. The lowest BCUT2D eigenvalue weighted by Gasteiger charge is -2.23. The van der Waals surface area contributed by atoms with Crippen molar-refractivity contribution in [2.45, 2.75) is 26.3 Å². The Balaban J connectivity index is 3.60. The van der Waals surface area contributed by atoms with Gasteiger partial charge in [0.1, 0.15) is 5.78 Å². The Labute approximate surface area is 74.7 Å². The second-order valence-corrected chi connectivity index (χ2v) is 3.23. The van der Waals surface area contributed by atoms with E-state index >= 15 is 0 Å². The first-order chi connectivity index (χ1) is 5.57. The van der Waals surface area contributed by atoms with Crippen LogP contribution in [0.3, 0.4) is 0 Å². The highest BCUT2D eigenvalue weighted by Crippen LogP contribution is 2.00. The monoisotopic (exact) mass is 173 g/mol. The van der Waals surface area contributed by atoms with E-state index in [-0.39, 0.29) is 5.78 Å². The normalized spacial score (nSPS) is 13.4.